The monoisotopic (exact) mass is 340 g/mol. The Morgan fingerprint density at radius 1 is 1.08 bits per heavy atom. The summed E-state index contributed by atoms with van der Waals surface area (Å²) < 4.78 is 0. The fraction of sp³-hybridized carbons (Fsp3) is 0.368. The third-order valence-electron chi connectivity index (χ3n) is 4.88. The number of nitrogens with zero attached hydrogens (tertiary/aromatic N) is 1. The van der Waals surface area contributed by atoms with Crippen molar-refractivity contribution in [1.82, 2.24) is 10.2 Å². The highest BCUT2D eigenvalue weighted by Crippen LogP contribution is 2.32. The molecular formula is C19H20N2O2S. The van der Waals surface area contributed by atoms with E-state index >= 15 is 0 Å². The average molecular weight is 340 g/mol. The molecule has 2 atom stereocenters. The number of amides is 2. The summed E-state index contributed by atoms with van der Waals surface area (Å²) in [5.41, 5.74) is 1.92. The number of likely N-dealkylation sites (tertiary alicyclic amines) is 1. The Kier molecular flexibility index (Phi) is 4.10. The summed E-state index contributed by atoms with van der Waals surface area (Å²) in [6.45, 7) is 1.22. The quantitative estimate of drug-likeness (QED) is 0.930. The molecule has 1 aromatic heterocycles. The third-order valence-corrected chi connectivity index (χ3v) is 5.56. The van der Waals surface area contributed by atoms with Crippen LogP contribution in [0.4, 0.5) is 0 Å². The first-order chi connectivity index (χ1) is 11.7. The zero-order chi connectivity index (χ0) is 16.5. The molecule has 2 amide bonds. The molecule has 1 saturated carbocycles. The van der Waals surface area contributed by atoms with Gasteiger partial charge in [0, 0.05) is 30.3 Å². The Bertz CT molecular complexity index is 725. The Balaban J connectivity index is 1.55. The van der Waals surface area contributed by atoms with Crippen LogP contribution in [0, 0.1) is 5.92 Å². The maximum atomic E-state index is 12.7. The maximum Gasteiger partial charge on any atom is 0.254 e. The molecule has 0 bridgehead atoms. The van der Waals surface area contributed by atoms with Crippen molar-refractivity contribution in [1.29, 1.82) is 0 Å². The molecule has 1 aliphatic carbocycles. The van der Waals surface area contributed by atoms with E-state index in [2.05, 4.69) is 17.4 Å². The molecule has 1 saturated heterocycles. The van der Waals surface area contributed by atoms with Gasteiger partial charge in [0.05, 0.1) is 11.6 Å². The first-order valence-corrected chi connectivity index (χ1v) is 9.33. The van der Waals surface area contributed by atoms with Gasteiger partial charge in [0.2, 0.25) is 5.91 Å². The van der Waals surface area contributed by atoms with Crippen LogP contribution in [0.25, 0.3) is 0 Å². The first kappa shape index (κ1) is 15.4. The Morgan fingerprint density at radius 3 is 2.54 bits per heavy atom. The van der Waals surface area contributed by atoms with Crippen molar-refractivity contribution in [2.24, 2.45) is 5.92 Å². The highest BCUT2D eigenvalue weighted by atomic mass is 32.1. The van der Waals surface area contributed by atoms with Crippen LogP contribution >= 0.6 is 11.3 Å². The largest absolute Gasteiger partial charge is 0.351 e. The SMILES string of the molecule is O=C(N[C@@H]1CN(C(=O)c2ccsc2)C[C@H]1c1ccccc1)C1CC1. The van der Waals surface area contributed by atoms with Gasteiger partial charge in [-0.25, -0.2) is 0 Å². The number of carbonyl (C=O) groups is 2. The smallest absolute Gasteiger partial charge is 0.254 e. The number of carbonyl (C=O) groups excluding carboxylic acids is 2. The summed E-state index contributed by atoms with van der Waals surface area (Å²) in [7, 11) is 0. The summed E-state index contributed by atoms with van der Waals surface area (Å²) in [6.07, 6.45) is 1.98. The van der Waals surface area contributed by atoms with E-state index in [9.17, 15) is 9.59 Å². The van der Waals surface area contributed by atoms with Crippen LogP contribution in [-0.2, 0) is 4.79 Å². The van der Waals surface area contributed by atoms with Gasteiger partial charge in [-0.1, -0.05) is 30.3 Å². The van der Waals surface area contributed by atoms with Gasteiger partial charge in [0.25, 0.3) is 5.91 Å². The molecular weight excluding hydrogens is 320 g/mol. The molecule has 1 N–H and O–H groups in total. The van der Waals surface area contributed by atoms with Gasteiger partial charge in [-0.05, 0) is 29.9 Å². The number of benzene rings is 1. The Labute approximate surface area is 145 Å². The predicted octanol–water partition coefficient (Wildman–Crippen LogP) is 2.88. The van der Waals surface area contributed by atoms with Crippen LogP contribution in [0.3, 0.4) is 0 Å². The number of nitrogens with one attached hydrogen (secondary N) is 1. The van der Waals surface area contributed by atoms with Crippen LogP contribution in [0.5, 0.6) is 0 Å². The molecule has 0 spiro atoms. The summed E-state index contributed by atoms with van der Waals surface area (Å²) in [5, 5.41) is 7.00. The lowest BCUT2D eigenvalue weighted by atomic mass is 9.94. The lowest BCUT2D eigenvalue weighted by Gasteiger charge is -2.19. The molecule has 124 valence electrons. The predicted molar refractivity (Wildman–Crippen MR) is 94.1 cm³/mol. The van der Waals surface area contributed by atoms with Gasteiger partial charge in [0.1, 0.15) is 0 Å². The van der Waals surface area contributed by atoms with Gasteiger partial charge < -0.3 is 10.2 Å². The van der Waals surface area contributed by atoms with Crippen molar-refractivity contribution in [3.8, 4) is 0 Å². The lowest BCUT2D eigenvalue weighted by Crippen LogP contribution is -2.41. The van der Waals surface area contributed by atoms with Crippen molar-refractivity contribution in [3.05, 3.63) is 58.3 Å². The second kappa shape index (κ2) is 6.40. The van der Waals surface area contributed by atoms with Gasteiger partial charge in [-0.2, -0.15) is 11.3 Å². The van der Waals surface area contributed by atoms with Crippen molar-refractivity contribution < 1.29 is 9.59 Å². The van der Waals surface area contributed by atoms with E-state index in [1.165, 1.54) is 16.9 Å². The number of thiophene rings is 1. The van der Waals surface area contributed by atoms with Gasteiger partial charge in [-0.15, -0.1) is 0 Å². The van der Waals surface area contributed by atoms with Crippen LogP contribution < -0.4 is 5.32 Å². The molecule has 2 aliphatic rings. The molecule has 0 radical (unpaired) electrons. The number of hydrogen-bond donors (Lipinski definition) is 1. The molecule has 4 rings (SSSR count). The van der Waals surface area contributed by atoms with Gasteiger partial charge in [0.15, 0.2) is 0 Å². The minimum atomic E-state index is -0.0110. The molecule has 24 heavy (non-hydrogen) atoms. The lowest BCUT2D eigenvalue weighted by molar-refractivity contribution is -0.123. The Morgan fingerprint density at radius 2 is 1.88 bits per heavy atom. The van der Waals surface area contributed by atoms with E-state index in [-0.39, 0.29) is 29.7 Å². The molecule has 0 unspecified atom stereocenters. The second-order valence-corrected chi connectivity index (χ2v) is 7.41. The molecule has 2 heterocycles. The number of hydrogen-bond acceptors (Lipinski definition) is 3. The maximum absolute atomic E-state index is 12.7. The van der Waals surface area contributed by atoms with Crippen molar-refractivity contribution >= 4 is 23.2 Å². The van der Waals surface area contributed by atoms with Crippen molar-refractivity contribution in [2.75, 3.05) is 13.1 Å². The molecule has 4 nitrogen and oxygen atoms in total. The highest BCUT2D eigenvalue weighted by Gasteiger charge is 2.39. The van der Waals surface area contributed by atoms with E-state index in [1.807, 2.05) is 39.9 Å². The molecule has 1 aliphatic heterocycles. The van der Waals surface area contributed by atoms with E-state index in [4.69, 9.17) is 0 Å². The van der Waals surface area contributed by atoms with Gasteiger partial charge in [-0.3, -0.25) is 9.59 Å². The fourth-order valence-electron chi connectivity index (χ4n) is 3.37. The number of rotatable bonds is 4. The van der Waals surface area contributed by atoms with Crippen LogP contribution in [0.15, 0.2) is 47.2 Å². The van der Waals surface area contributed by atoms with E-state index in [0.717, 1.165) is 18.4 Å². The van der Waals surface area contributed by atoms with E-state index in [1.54, 1.807) is 0 Å². The summed E-state index contributed by atoms with van der Waals surface area (Å²) in [4.78, 5) is 26.8. The summed E-state index contributed by atoms with van der Waals surface area (Å²) in [5.74, 6) is 0.533. The topological polar surface area (TPSA) is 49.4 Å². The fourth-order valence-corrected chi connectivity index (χ4v) is 4.00. The van der Waals surface area contributed by atoms with Gasteiger partial charge >= 0.3 is 0 Å². The Hall–Kier alpha value is -2.14. The van der Waals surface area contributed by atoms with Crippen molar-refractivity contribution in [2.45, 2.75) is 24.8 Å². The van der Waals surface area contributed by atoms with Crippen LogP contribution in [0.1, 0.15) is 34.7 Å². The molecule has 2 fully saturated rings. The normalized spacial score (nSPS) is 23.2. The minimum absolute atomic E-state index is 0.0110. The standard InChI is InChI=1S/C19H20N2O2S/c22-18(14-6-7-14)20-17-11-21(19(23)15-8-9-24-12-15)10-16(17)13-4-2-1-3-5-13/h1-5,8-9,12,14,16-17H,6-7,10-11H2,(H,20,22)/t16-,17+/m0/s1. The summed E-state index contributed by atoms with van der Waals surface area (Å²) >= 11 is 1.53. The minimum Gasteiger partial charge on any atom is -0.351 e. The van der Waals surface area contributed by atoms with Crippen molar-refractivity contribution in [3.63, 3.8) is 0 Å². The van der Waals surface area contributed by atoms with Crippen LogP contribution in [-0.4, -0.2) is 35.8 Å². The molecule has 5 heteroatoms. The first-order valence-electron chi connectivity index (χ1n) is 8.39. The average Bonchev–Trinajstić information content (AvgIpc) is 3.16. The molecule has 1 aromatic carbocycles. The summed E-state index contributed by atoms with van der Waals surface area (Å²) in [6, 6.07) is 12.0. The van der Waals surface area contributed by atoms with Crippen LogP contribution in [0.2, 0.25) is 0 Å². The molecule has 2 aromatic rings. The third kappa shape index (κ3) is 3.08. The van der Waals surface area contributed by atoms with E-state index in [0.29, 0.717) is 13.1 Å². The second-order valence-electron chi connectivity index (χ2n) is 6.63. The zero-order valence-corrected chi connectivity index (χ0v) is 14.2. The zero-order valence-electron chi connectivity index (χ0n) is 13.4. The highest BCUT2D eigenvalue weighted by molar-refractivity contribution is 7.08. The van der Waals surface area contributed by atoms with E-state index < -0.39 is 0 Å².